The molecule has 0 amide bonds. The number of carbonyl (C=O) groups excluding carboxylic acids is 1. The maximum Gasteiger partial charge on any atom is 0.126 e. The summed E-state index contributed by atoms with van der Waals surface area (Å²) in [4.78, 5) is 12.8. The zero-order valence-corrected chi connectivity index (χ0v) is 18.5. The van der Waals surface area contributed by atoms with E-state index in [9.17, 15) is 9.90 Å². The molecule has 158 valence electrons. The summed E-state index contributed by atoms with van der Waals surface area (Å²) >= 11 is 0. The molecule has 1 aromatic carbocycles. The van der Waals surface area contributed by atoms with Gasteiger partial charge in [-0.25, -0.2) is 0 Å². The van der Waals surface area contributed by atoms with Gasteiger partial charge in [-0.1, -0.05) is 27.2 Å². The quantitative estimate of drug-likeness (QED) is 0.599. The van der Waals surface area contributed by atoms with E-state index < -0.39 is 0 Å². The fourth-order valence-electron chi connectivity index (χ4n) is 8.65. The number of hydrogen-bond donors (Lipinski definition) is 1. The minimum absolute atomic E-state index is 0.0982. The molecule has 4 aliphatic rings. The number of aldehydes is 1. The van der Waals surface area contributed by atoms with Gasteiger partial charge in [-0.3, -0.25) is 0 Å². The van der Waals surface area contributed by atoms with Crippen LogP contribution in [-0.2, 0) is 11.2 Å². The van der Waals surface area contributed by atoms with Gasteiger partial charge in [0.05, 0.1) is 0 Å². The summed E-state index contributed by atoms with van der Waals surface area (Å²) in [5.41, 5.74) is 1.12. The van der Waals surface area contributed by atoms with E-state index in [2.05, 4.69) is 27.7 Å². The second kappa shape index (κ2) is 6.02. The number of benzene rings is 1. The lowest BCUT2D eigenvalue weighted by Crippen LogP contribution is -2.66. The summed E-state index contributed by atoms with van der Waals surface area (Å²) in [6.07, 6.45) is 10.2. The Bertz CT molecular complexity index is 844. The van der Waals surface area contributed by atoms with Crippen molar-refractivity contribution in [3.05, 3.63) is 23.8 Å². The standard InChI is InChI=1S/C26H36O3/c1-23(2)10-5-11-26(16-27)20(23)8-12-24(3)21(26)9-13-25(4)22(24)15-17-14-18(28)6-7-19(17)29-25/h6-7,14,16,20-22,28H,5,8-13,15H2,1-4H3/t20-,21-,22-,24+,25-,26+/m0/s1. The van der Waals surface area contributed by atoms with E-state index in [1.54, 1.807) is 6.07 Å². The van der Waals surface area contributed by atoms with Gasteiger partial charge in [0, 0.05) is 11.3 Å². The van der Waals surface area contributed by atoms with Crippen LogP contribution >= 0.6 is 0 Å². The largest absolute Gasteiger partial charge is 0.508 e. The molecule has 3 fully saturated rings. The Morgan fingerprint density at radius 2 is 1.76 bits per heavy atom. The fraction of sp³-hybridized carbons (Fsp3) is 0.731. The molecule has 0 bridgehead atoms. The van der Waals surface area contributed by atoms with Crippen molar-refractivity contribution < 1.29 is 14.6 Å². The number of ether oxygens (including phenoxy) is 1. The third-order valence-corrected chi connectivity index (χ3v) is 9.93. The molecule has 3 saturated carbocycles. The van der Waals surface area contributed by atoms with Crippen molar-refractivity contribution in [2.45, 2.75) is 84.7 Å². The molecular weight excluding hydrogens is 360 g/mol. The van der Waals surface area contributed by atoms with Crippen LogP contribution in [0.1, 0.15) is 78.2 Å². The van der Waals surface area contributed by atoms with E-state index >= 15 is 0 Å². The Kier molecular flexibility index (Phi) is 4.04. The van der Waals surface area contributed by atoms with Crippen molar-refractivity contribution in [3.8, 4) is 11.5 Å². The number of hydrogen-bond acceptors (Lipinski definition) is 3. The second-order valence-corrected chi connectivity index (χ2v) is 11.7. The molecule has 5 rings (SSSR count). The maximum atomic E-state index is 12.8. The van der Waals surface area contributed by atoms with Crippen LogP contribution in [0.5, 0.6) is 11.5 Å². The van der Waals surface area contributed by atoms with Crippen LogP contribution in [0, 0.1) is 34.0 Å². The predicted octanol–water partition coefficient (Wildman–Crippen LogP) is 5.92. The van der Waals surface area contributed by atoms with Crippen LogP contribution in [0.15, 0.2) is 18.2 Å². The fourth-order valence-corrected chi connectivity index (χ4v) is 8.65. The average molecular weight is 397 g/mol. The van der Waals surface area contributed by atoms with Crippen molar-refractivity contribution in [3.63, 3.8) is 0 Å². The minimum atomic E-state index is -0.184. The third kappa shape index (κ3) is 2.51. The van der Waals surface area contributed by atoms with Crippen molar-refractivity contribution in [2.75, 3.05) is 0 Å². The third-order valence-electron chi connectivity index (χ3n) is 9.93. The molecule has 6 atom stereocenters. The zero-order chi connectivity index (χ0) is 20.7. The Morgan fingerprint density at radius 3 is 2.52 bits per heavy atom. The van der Waals surface area contributed by atoms with Crippen LogP contribution < -0.4 is 4.74 Å². The number of carbonyl (C=O) groups is 1. The number of fused-ring (bicyclic) bond motifs is 6. The molecule has 3 aliphatic carbocycles. The average Bonchev–Trinajstić information content (AvgIpc) is 2.66. The van der Waals surface area contributed by atoms with Crippen molar-refractivity contribution in [2.24, 2.45) is 34.0 Å². The molecule has 29 heavy (non-hydrogen) atoms. The Hall–Kier alpha value is -1.51. The Morgan fingerprint density at radius 1 is 1.00 bits per heavy atom. The summed E-state index contributed by atoms with van der Waals surface area (Å²) < 4.78 is 6.64. The lowest BCUT2D eigenvalue weighted by atomic mass is 9.37. The molecule has 1 heterocycles. The summed E-state index contributed by atoms with van der Waals surface area (Å²) in [5, 5.41) is 10.0. The van der Waals surface area contributed by atoms with Crippen molar-refractivity contribution >= 4 is 6.29 Å². The molecule has 1 aromatic rings. The minimum Gasteiger partial charge on any atom is -0.508 e. The first kappa shape index (κ1) is 19.5. The molecule has 3 heteroatoms. The highest BCUT2D eigenvalue weighted by Gasteiger charge is 2.67. The monoisotopic (exact) mass is 396 g/mol. The molecule has 0 saturated heterocycles. The lowest BCUT2D eigenvalue weighted by molar-refractivity contribution is -0.206. The highest BCUT2D eigenvalue weighted by molar-refractivity contribution is 5.62. The first-order valence-electron chi connectivity index (χ1n) is 11.6. The summed E-state index contributed by atoms with van der Waals surface area (Å²) in [6, 6.07) is 5.54. The van der Waals surface area contributed by atoms with Gasteiger partial charge < -0.3 is 14.6 Å². The second-order valence-electron chi connectivity index (χ2n) is 11.7. The van der Waals surface area contributed by atoms with E-state index in [1.807, 2.05) is 12.1 Å². The van der Waals surface area contributed by atoms with Crippen molar-refractivity contribution in [1.82, 2.24) is 0 Å². The van der Waals surface area contributed by atoms with Gasteiger partial charge in [-0.05, 0) is 98.3 Å². The van der Waals surface area contributed by atoms with E-state index in [-0.39, 0.29) is 21.8 Å². The van der Waals surface area contributed by atoms with Crippen LogP contribution in [0.2, 0.25) is 0 Å². The smallest absolute Gasteiger partial charge is 0.126 e. The van der Waals surface area contributed by atoms with E-state index in [4.69, 9.17) is 4.74 Å². The van der Waals surface area contributed by atoms with Crippen LogP contribution in [0.25, 0.3) is 0 Å². The van der Waals surface area contributed by atoms with Gasteiger partial charge in [0.15, 0.2) is 0 Å². The normalized spacial score (nSPS) is 45.0. The van der Waals surface area contributed by atoms with Crippen LogP contribution in [0.3, 0.4) is 0 Å². The summed E-state index contributed by atoms with van der Waals surface area (Å²) in [6.45, 7) is 9.54. The van der Waals surface area contributed by atoms with Gasteiger partial charge in [-0.2, -0.15) is 0 Å². The molecule has 1 N–H and O–H groups in total. The molecule has 0 unspecified atom stereocenters. The summed E-state index contributed by atoms with van der Waals surface area (Å²) in [5.74, 6) is 2.57. The van der Waals surface area contributed by atoms with E-state index in [1.165, 1.54) is 25.5 Å². The lowest BCUT2D eigenvalue weighted by Gasteiger charge is -2.67. The number of phenols is 1. The molecular formula is C26H36O3. The molecule has 3 nitrogen and oxygen atoms in total. The molecule has 0 radical (unpaired) electrons. The van der Waals surface area contributed by atoms with Gasteiger partial charge in [0.2, 0.25) is 0 Å². The molecule has 0 spiro atoms. The molecule has 0 aromatic heterocycles. The number of phenolic OH excluding ortho intramolecular Hbond substituents is 1. The van der Waals surface area contributed by atoms with Gasteiger partial charge in [0.1, 0.15) is 23.4 Å². The number of aromatic hydroxyl groups is 1. The molecule has 1 aliphatic heterocycles. The topological polar surface area (TPSA) is 46.5 Å². The van der Waals surface area contributed by atoms with Crippen LogP contribution in [0.4, 0.5) is 0 Å². The maximum absolute atomic E-state index is 12.8. The van der Waals surface area contributed by atoms with E-state index in [0.29, 0.717) is 23.5 Å². The Labute approximate surface area is 175 Å². The first-order chi connectivity index (χ1) is 13.6. The highest BCUT2D eigenvalue weighted by Crippen LogP contribution is 2.70. The van der Waals surface area contributed by atoms with Crippen molar-refractivity contribution in [1.29, 1.82) is 0 Å². The zero-order valence-electron chi connectivity index (χ0n) is 18.5. The van der Waals surface area contributed by atoms with Gasteiger partial charge in [-0.15, -0.1) is 0 Å². The Balaban J connectivity index is 1.58. The SMILES string of the molecule is CC1(C)CCC[C@@]2(C=O)[C@H]1CC[C@]1(C)[C@@H]2CC[C@]2(C)Oc3ccc(O)cc3C[C@@H]12. The first-order valence-corrected chi connectivity index (χ1v) is 11.6. The van der Waals surface area contributed by atoms with Gasteiger partial charge >= 0.3 is 0 Å². The highest BCUT2D eigenvalue weighted by atomic mass is 16.5. The summed E-state index contributed by atoms with van der Waals surface area (Å²) in [7, 11) is 0. The van der Waals surface area contributed by atoms with E-state index in [0.717, 1.165) is 43.4 Å². The predicted molar refractivity (Wildman–Crippen MR) is 114 cm³/mol. The van der Waals surface area contributed by atoms with Gasteiger partial charge in [0.25, 0.3) is 0 Å². The van der Waals surface area contributed by atoms with Crippen LogP contribution in [-0.4, -0.2) is 17.0 Å². The number of rotatable bonds is 1.